The maximum absolute atomic E-state index is 13.8. The summed E-state index contributed by atoms with van der Waals surface area (Å²) in [5.41, 5.74) is -0.512. The molecule has 1 saturated heterocycles. The lowest BCUT2D eigenvalue weighted by atomic mass is 10.0. The van der Waals surface area contributed by atoms with Crippen LogP contribution in [0.15, 0.2) is 12.1 Å². The molecule has 0 aromatic heterocycles. The summed E-state index contributed by atoms with van der Waals surface area (Å²) < 4.78 is 19.7. The standard InChI is InChI=1S/C13H16FIN2O4/c1-13(2)7-16(5-8(6-18)21-13)11-3-9(14)10(15)4-12(11)17(19)20/h3-4,8,18H,5-7H2,1-2H3. The molecule has 1 aliphatic rings. The highest BCUT2D eigenvalue weighted by Gasteiger charge is 2.36. The predicted octanol–water partition coefficient (Wildman–Crippen LogP) is 2.31. The Bertz CT molecular complexity index is 567. The van der Waals surface area contributed by atoms with Crippen molar-refractivity contribution in [2.45, 2.75) is 25.6 Å². The topological polar surface area (TPSA) is 75.8 Å². The molecule has 2 rings (SSSR count). The van der Waals surface area contributed by atoms with Gasteiger partial charge in [0.05, 0.1) is 26.8 Å². The smallest absolute Gasteiger partial charge is 0.293 e. The third-order valence-corrected chi connectivity index (χ3v) is 4.07. The van der Waals surface area contributed by atoms with E-state index in [4.69, 9.17) is 4.74 Å². The number of nitro benzene ring substituents is 1. The normalized spacial score (nSPS) is 21.4. The Balaban J connectivity index is 2.44. The maximum atomic E-state index is 13.8. The Morgan fingerprint density at radius 1 is 1.62 bits per heavy atom. The predicted molar refractivity (Wildman–Crippen MR) is 84.0 cm³/mol. The van der Waals surface area contributed by atoms with E-state index in [1.165, 1.54) is 12.1 Å². The Morgan fingerprint density at radius 3 is 2.86 bits per heavy atom. The van der Waals surface area contributed by atoms with Crippen LogP contribution in [0.5, 0.6) is 0 Å². The van der Waals surface area contributed by atoms with Gasteiger partial charge >= 0.3 is 0 Å². The number of rotatable bonds is 3. The minimum atomic E-state index is -0.584. The highest BCUT2D eigenvalue weighted by molar-refractivity contribution is 14.1. The number of hydrogen-bond acceptors (Lipinski definition) is 5. The van der Waals surface area contributed by atoms with Gasteiger partial charge in [0.1, 0.15) is 11.5 Å². The van der Waals surface area contributed by atoms with Crippen LogP contribution in [0, 0.1) is 19.5 Å². The lowest BCUT2D eigenvalue weighted by Gasteiger charge is -2.43. The van der Waals surface area contributed by atoms with Gasteiger partial charge in [-0.1, -0.05) is 0 Å². The van der Waals surface area contributed by atoms with Crippen LogP contribution >= 0.6 is 22.6 Å². The van der Waals surface area contributed by atoms with Crippen molar-refractivity contribution < 1.29 is 19.2 Å². The highest BCUT2D eigenvalue weighted by atomic mass is 127. The first kappa shape index (κ1) is 16.4. The molecule has 1 unspecified atom stereocenters. The third kappa shape index (κ3) is 3.61. The van der Waals surface area contributed by atoms with Crippen molar-refractivity contribution in [1.29, 1.82) is 0 Å². The number of morpholine rings is 1. The Morgan fingerprint density at radius 2 is 2.29 bits per heavy atom. The highest BCUT2D eigenvalue weighted by Crippen LogP contribution is 2.35. The van der Waals surface area contributed by atoms with Crippen LogP contribution in [0.1, 0.15) is 13.8 Å². The molecular weight excluding hydrogens is 394 g/mol. The second-order valence-corrected chi connectivity index (χ2v) is 6.74. The van der Waals surface area contributed by atoms with E-state index in [9.17, 15) is 19.6 Å². The number of nitrogens with zero attached hydrogens (tertiary/aromatic N) is 2. The number of benzene rings is 1. The largest absolute Gasteiger partial charge is 0.394 e. The van der Waals surface area contributed by atoms with Crippen LogP contribution in [0.4, 0.5) is 15.8 Å². The van der Waals surface area contributed by atoms with Gasteiger partial charge in [-0.15, -0.1) is 0 Å². The fourth-order valence-electron chi connectivity index (χ4n) is 2.50. The molecule has 0 bridgehead atoms. The molecular formula is C13H16FIN2O4. The van der Waals surface area contributed by atoms with Gasteiger partial charge < -0.3 is 14.7 Å². The maximum Gasteiger partial charge on any atom is 0.293 e. The Hall–Kier alpha value is -1.00. The summed E-state index contributed by atoms with van der Waals surface area (Å²) in [6.45, 7) is 4.12. The molecule has 8 heteroatoms. The van der Waals surface area contributed by atoms with Gasteiger partial charge in [0, 0.05) is 25.2 Å². The van der Waals surface area contributed by atoms with Crippen LogP contribution < -0.4 is 4.90 Å². The van der Waals surface area contributed by atoms with E-state index in [1.807, 2.05) is 13.8 Å². The van der Waals surface area contributed by atoms with Gasteiger partial charge in [-0.25, -0.2) is 4.39 Å². The molecule has 0 saturated carbocycles. The summed E-state index contributed by atoms with van der Waals surface area (Å²) in [6, 6.07) is 2.40. The van der Waals surface area contributed by atoms with Gasteiger partial charge in [-0.2, -0.15) is 0 Å². The Labute approximate surface area is 135 Å². The molecule has 1 aliphatic heterocycles. The van der Waals surface area contributed by atoms with Gasteiger partial charge in [0.15, 0.2) is 0 Å². The fourth-order valence-corrected chi connectivity index (χ4v) is 2.95. The van der Waals surface area contributed by atoms with E-state index < -0.39 is 22.4 Å². The summed E-state index contributed by atoms with van der Waals surface area (Å²) >= 11 is 1.73. The van der Waals surface area contributed by atoms with Crippen molar-refractivity contribution in [3.8, 4) is 0 Å². The average molecular weight is 410 g/mol. The monoisotopic (exact) mass is 410 g/mol. The number of ether oxygens (including phenoxy) is 1. The van der Waals surface area contributed by atoms with Crippen LogP contribution in [-0.4, -0.2) is 41.4 Å². The minimum Gasteiger partial charge on any atom is -0.394 e. The zero-order chi connectivity index (χ0) is 15.8. The first-order valence-electron chi connectivity index (χ1n) is 6.40. The van der Waals surface area contributed by atoms with E-state index in [2.05, 4.69) is 0 Å². The molecule has 1 aromatic rings. The zero-order valence-corrected chi connectivity index (χ0v) is 13.8. The number of aliphatic hydroxyl groups is 1. The molecule has 0 radical (unpaired) electrons. The SMILES string of the molecule is CC1(C)CN(c2cc(F)c(I)cc2[N+](=O)[O-])CC(CO)O1. The van der Waals surface area contributed by atoms with Gasteiger partial charge in [-0.05, 0) is 36.4 Å². The van der Waals surface area contributed by atoms with Crippen molar-refractivity contribution in [3.05, 3.63) is 31.6 Å². The Kier molecular flexibility index (Phi) is 4.69. The molecule has 6 nitrogen and oxygen atoms in total. The molecule has 116 valence electrons. The lowest BCUT2D eigenvalue weighted by molar-refractivity contribution is -0.384. The first-order valence-corrected chi connectivity index (χ1v) is 7.48. The second kappa shape index (κ2) is 6.01. The molecule has 1 fully saturated rings. The molecule has 1 heterocycles. The van der Waals surface area contributed by atoms with Crippen LogP contribution in [0.3, 0.4) is 0 Å². The van der Waals surface area contributed by atoms with E-state index in [1.54, 1.807) is 27.5 Å². The third-order valence-electron chi connectivity index (χ3n) is 3.24. The first-order chi connectivity index (χ1) is 9.73. The number of halogens is 2. The summed E-state index contributed by atoms with van der Waals surface area (Å²) in [7, 11) is 0. The summed E-state index contributed by atoms with van der Waals surface area (Å²) in [6.07, 6.45) is -0.462. The van der Waals surface area contributed by atoms with Crippen molar-refractivity contribution in [3.63, 3.8) is 0 Å². The quantitative estimate of drug-likeness (QED) is 0.471. The fraction of sp³-hybridized carbons (Fsp3) is 0.538. The number of nitro groups is 1. The van der Waals surface area contributed by atoms with Gasteiger partial charge in [-0.3, -0.25) is 10.1 Å². The average Bonchev–Trinajstić information content (AvgIpc) is 2.39. The van der Waals surface area contributed by atoms with Crippen LogP contribution in [0.2, 0.25) is 0 Å². The van der Waals surface area contributed by atoms with Crippen molar-refractivity contribution in [1.82, 2.24) is 0 Å². The molecule has 0 aliphatic carbocycles. The molecule has 1 aromatic carbocycles. The van der Waals surface area contributed by atoms with Crippen molar-refractivity contribution in [2.75, 3.05) is 24.6 Å². The van der Waals surface area contributed by atoms with Crippen LogP contribution in [0.25, 0.3) is 0 Å². The van der Waals surface area contributed by atoms with Crippen LogP contribution in [-0.2, 0) is 4.74 Å². The number of hydrogen-bond donors (Lipinski definition) is 1. The van der Waals surface area contributed by atoms with Crippen molar-refractivity contribution >= 4 is 34.0 Å². The van der Waals surface area contributed by atoms with E-state index in [-0.39, 0.29) is 28.1 Å². The molecule has 0 amide bonds. The zero-order valence-electron chi connectivity index (χ0n) is 11.7. The summed E-state index contributed by atoms with van der Waals surface area (Å²) in [5, 5.41) is 20.5. The second-order valence-electron chi connectivity index (χ2n) is 5.57. The summed E-state index contributed by atoms with van der Waals surface area (Å²) in [5.74, 6) is -0.499. The van der Waals surface area contributed by atoms with E-state index >= 15 is 0 Å². The molecule has 21 heavy (non-hydrogen) atoms. The van der Waals surface area contributed by atoms with E-state index in [0.29, 0.717) is 6.54 Å². The lowest BCUT2D eigenvalue weighted by Crippen LogP contribution is -2.54. The molecule has 1 atom stereocenters. The molecule has 0 spiro atoms. The van der Waals surface area contributed by atoms with Gasteiger partial charge in [0.2, 0.25) is 0 Å². The number of aliphatic hydroxyl groups excluding tert-OH is 1. The van der Waals surface area contributed by atoms with E-state index in [0.717, 1.165) is 0 Å². The van der Waals surface area contributed by atoms with Crippen molar-refractivity contribution in [2.24, 2.45) is 0 Å². The number of anilines is 1. The summed E-state index contributed by atoms with van der Waals surface area (Å²) in [4.78, 5) is 12.4. The van der Waals surface area contributed by atoms with Gasteiger partial charge in [0.25, 0.3) is 5.69 Å². The minimum absolute atomic E-state index is 0.143. The molecule has 1 N–H and O–H groups in total.